The lowest BCUT2D eigenvalue weighted by atomic mass is 9.90. The molecule has 3 nitrogen and oxygen atoms in total. The molecule has 19 heavy (non-hydrogen) atoms. The van der Waals surface area contributed by atoms with Crippen LogP contribution in [0.2, 0.25) is 0 Å². The molecule has 0 amide bonds. The van der Waals surface area contributed by atoms with Gasteiger partial charge in [-0.3, -0.25) is 4.90 Å². The molecule has 1 aliphatic carbocycles. The number of rotatable bonds is 5. The van der Waals surface area contributed by atoms with Crippen LogP contribution in [0.3, 0.4) is 0 Å². The highest BCUT2D eigenvalue weighted by molar-refractivity contribution is 7.09. The van der Waals surface area contributed by atoms with Gasteiger partial charge >= 0.3 is 0 Å². The van der Waals surface area contributed by atoms with Crippen LogP contribution >= 0.6 is 11.3 Å². The van der Waals surface area contributed by atoms with Gasteiger partial charge in [-0.25, -0.2) is 4.98 Å². The highest BCUT2D eigenvalue weighted by Crippen LogP contribution is 2.34. The number of thiazole rings is 1. The van der Waals surface area contributed by atoms with Crippen molar-refractivity contribution in [3.05, 3.63) is 16.1 Å². The number of likely N-dealkylation sites (N-methyl/N-ethyl adjacent to an activating group) is 1. The molecule has 0 spiro atoms. The molecule has 1 saturated carbocycles. The average molecular weight is 282 g/mol. The van der Waals surface area contributed by atoms with Crippen molar-refractivity contribution in [3.63, 3.8) is 0 Å². The Morgan fingerprint density at radius 2 is 2.05 bits per heavy atom. The summed E-state index contributed by atoms with van der Waals surface area (Å²) in [6.45, 7) is 5.19. The molecular formula is C15H26N2OS. The molecule has 1 heterocycles. The molecule has 0 aromatic carbocycles. The molecule has 1 N–H and O–H groups in total. The number of hydrogen-bond acceptors (Lipinski definition) is 4. The maximum atomic E-state index is 9.82. The molecule has 0 bridgehead atoms. The minimum absolute atomic E-state index is 0.642. The summed E-state index contributed by atoms with van der Waals surface area (Å²) >= 11 is 1.82. The van der Waals surface area contributed by atoms with E-state index in [9.17, 15) is 5.11 Å². The maximum absolute atomic E-state index is 9.82. The van der Waals surface area contributed by atoms with E-state index >= 15 is 0 Å². The Labute approximate surface area is 120 Å². The fourth-order valence-electron chi connectivity index (χ4n) is 2.93. The highest BCUT2D eigenvalue weighted by atomic mass is 32.1. The van der Waals surface area contributed by atoms with Crippen molar-refractivity contribution in [2.75, 3.05) is 13.6 Å². The summed E-state index contributed by atoms with van der Waals surface area (Å²) in [6.07, 6.45) is 6.73. The van der Waals surface area contributed by atoms with E-state index in [-0.39, 0.29) is 0 Å². The second kappa shape index (κ2) is 6.33. The third-order valence-electron chi connectivity index (χ3n) is 3.61. The SMILES string of the molecule is CN(Cc1csc(C2CCCCC2)n1)CC(C)(C)O. The lowest BCUT2D eigenvalue weighted by Crippen LogP contribution is -2.35. The van der Waals surface area contributed by atoms with E-state index in [1.807, 2.05) is 32.2 Å². The molecule has 1 aromatic rings. The molecule has 4 heteroatoms. The first-order valence-electron chi connectivity index (χ1n) is 7.29. The average Bonchev–Trinajstić information content (AvgIpc) is 2.76. The molecular weight excluding hydrogens is 256 g/mol. The maximum Gasteiger partial charge on any atom is 0.0959 e. The summed E-state index contributed by atoms with van der Waals surface area (Å²) < 4.78 is 0. The topological polar surface area (TPSA) is 36.4 Å². The molecule has 0 atom stereocenters. The van der Waals surface area contributed by atoms with Crippen molar-refractivity contribution in [2.45, 2.75) is 64.0 Å². The Balaban J connectivity index is 1.89. The largest absolute Gasteiger partial charge is 0.389 e. The zero-order valence-electron chi connectivity index (χ0n) is 12.4. The number of nitrogens with zero attached hydrogens (tertiary/aromatic N) is 2. The zero-order valence-corrected chi connectivity index (χ0v) is 13.2. The van der Waals surface area contributed by atoms with Crippen LogP contribution in [0.5, 0.6) is 0 Å². The highest BCUT2D eigenvalue weighted by Gasteiger charge is 2.20. The quantitative estimate of drug-likeness (QED) is 0.899. The normalized spacial score (nSPS) is 18.2. The minimum atomic E-state index is -0.642. The molecule has 0 saturated heterocycles. The number of hydrogen-bond donors (Lipinski definition) is 1. The molecule has 108 valence electrons. The number of aromatic nitrogens is 1. The van der Waals surface area contributed by atoms with E-state index < -0.39 is 5.60 Å². The molecule has 0 radical (unpaired) electrons. The van der Waals surface area contributed by atoms with Crippen molar-refractivity contribution in [2.24, 2.45) is 0 Å². The summed E-state index contributed by atoms with van der Waals surface area (Å²) in [5.74, 6) is 0.701. The predicted octanol–water partition coefficient (Wildman–Crippen LogP) is 3.39. The second-order valence-electron chi connectivity index (χ2n) is 6.50. The van der Waals surface area contributed by atoms with E-state index in [4.69, 9.17) is 4.98 Å². The Bertz CT molecular complexity index is 391. The fourth-order valence-corrected chi connectivity index (χ4v) is 3.91. The van der Waals surface area contributed by atoms with E-state index in [0.717, 1.165) is 12.2 Å². The van der Waals surface area contributed by atoms with E-state index in [0.29, 0.717) is 12.5 Å². The standard InChI is InChI=1S/C15H26N2OS/c1-15(2,18)11-17(3)9-13-10-19-14(16-13)12-7-5-4-6-8-12/h10,12,18H,4-9,11H2,1-3H3. The first-order valence-corrected chi connectivity index (χ1v) is 8.17. The van der Waals surface area contributed by atoms with Crippen LogP contribution in [0.25, 0.3) is 0 Å². The van der Waals surface area contributed by atoms with Crippen LogP contribution in [-0.2, 0) is 6.54 Å². The van der Waals surface area contributed by atoms with Crippen molar-refractivity contribution in [3.8, 4) is 0 Å². The van der Waals surface area contributed by atoms with Crippen molar-refractivity contribution in [1.29, 1.82) is 0 Å². The molecule has 2 rings (SSSR count). The molecule has 1 aliphatic rings. The monoisotopic (exact) mass is 282 g/mol. The van der Waals surface area contributed by atoms with Gasteiger partial charge in [0.2, 0.25) is 0 Å². The Morgan fingerprint density at radius 3 is 2.68 bits per heavy atom. The van der Waals surface area contributed by atoms with Gasteiger partial charge in [-0.15, -0.1) is 11.3 Å². The Hall–Kier alpha value is -0.450. The van der Waals surface area contributed by atoms with Gasteiger partial charge in [-0.05, 0) is 33.7 Å². The minimum Gasteiger partial charge on any atom is -0.389 e. The summed E-state index contributed by atoms with van der Waals surface area (Å²) in [4.78, 5) is 6.94. The summed E-state index contributed by atoms with van der Waals surface area (Å²) in [5, 5.41) is 13.3. The third kappa shape index (κ3) is 4.86. The Kier molecular flexibility index (Phi) is 4.98. The third-order valence-corrected chi connectivity index (χ3v) is 4.67. The molecule has 0 aliphatic heterocycles. The van der Waals surface area contributed by atoms with Gasteiger partial charge in [-0.2, -0.15) is 0 Å². The van der Waals surface area contributed by atoms with Crippen molar-refractivity contribution in [1.82, 2.24) is 9.88 Å². The van der Waals surface area contributed by atoms with Crippen LogP contribution in [0, 0.1) is 0 Å². The van der Waals surface area contributed by atoms with Gasteiger partial charge in [0.15, 0.2) is 0 Å². The summed E-state index contributed by atoms with van der Waals surface area (Å²) in [7, 11) is 2.04. The lowest BCUT2D eigenvalue weighted by Gasteiger charge is -2.24. The molecule has 0 unspecified atom stereocenters. The van der Waals surface area contributed by atoms with Gasteiger partial charge in [0.25, 0.3) is 0 Å². The van der Waals surface area contributed by atoms with Gasteiger partial charge in [0, 0.05) is 24.4 Å². The van der Waals surface area contributed by atoms with Gasteiger partial charge in [0.1, 0.15) is 0 Å². The number of aliphatic hydroxyl groups is 1. The van der Waals surface area contributed by atoms with Crippen LogP contribution in [-0.4, -0.2) is 34.2 Å². The van der Waals surface area contributed by atoms with E-state index in [1.54, 1.807) is 0 Å². The van der Waals surface area contributed by atoms with Gasteiger partial charge < -0.3 is 5.11 Å². The van der Waals surface area contributed by atoms with Crippen molar-refractivity contribution >= 4 is 11.3 Å². The summed E-state index contributed by atoms with van der Waals surface area (Å²) in [6, 6.07) is 0. The second-order valence-corrected chi connectivity index (χ2v) is 7.39. The van der Waals surface area contributed by atoms with Gasteiger partial charge in [0.05, 0.1) is 16.3 Å². The predicted molar refractivity (Wildman–Crippen MR) is 80.6 cm³/mol. The van der Waals surface area contributed by atoms with Crippen LogP contribution < -0.4 is 0 Å². The van der Waals surface area contributed by atoms with Crippen molar-refractivity contribution < 1.29 is 5.11 Å². The van der Waals surface area contributed by atoms with Crippen LogP contribution in [0.1, 0.15) is 62.6 Å². The Morgan fingerprint density at radius 1 is 1.37 bits per heavy atom. The van der Waals surface area contributed by atoms with E-state index in [1.165, 1.54) is 37.1 Å². The first kappa shape index (κ1) is 14.9. The summed E-state index contributed by atoms with van der Waals surface area (Å²) in [5.41, 5.74) is 0.508. The smallest absolute Gasteiger partial charge is 0.0959 e. The lowest BCUT2D eigenvalue weighted by molar-refractivity contribution is 0.0422. The van der Waals surface area contributed by atoms with Crippen LogP contribution in [0.4, 0.5) is 0 Å². The fraction of sp³-hybridized carbons (Fsp3) is 0.800. The molecule has 1 aromatic heterocycles. The zero-order chi connectivity index (χ0) is 13.9. The van der Waals surface area contributed by atoms with E-state index in [2.05, 4.69) is 10.3 Å². The molecule has 1 fully saturated rings. The van der Waals surface area contributed by atoms with Gasteiger partial charge in [-0.1, -0.05) is 19.3 Å². The first-order chi connectivity index (χ1) is 8.94. The van der Waals surface area contributed by atoms with Crippen LogP contribution in [0.15, 0.2) is 5.38 Å².